The first-order chi connectivity index (χ1) is 3.79. The first-order valence-electron chi connectivity index (χ1n) is 2.10. The van der Waals surface area contributed by atoms with Gasteiger partial charge in [-0.15, -0.1) is 0 Å². The number of aromatic nitrogens is 2. The van der Waals surface area contributed by atoms with E-state index in [0.29, 0.717) is 10.6 Å². The molecule has 0 aliphatic carbocycles. The van der Waals surface area contributed by atoms with Gasteiger partial charge in [0.15, 0.2) is 4.77 Å². The Morgan fingerprint density at radius 2 is 2.44 bits per heavy atom. The predicted molar refractivity (Wildman–Crippen MR) is 34.9 cm³/mol. The van der Waals surface area contributed by atoms with Crippen molar-refractivity contribution < 1.29 is 31.0 Å². The van der Waals surface area contributed by atoms with Crippen LogP contribution in [0.1, 0.15) is 1.43 Å². The van der Waals surface area contributed by atoms with Crippen molar-refractivity contribution >= 4 is 18.0 Å². The number of hydrogen-bond acceptors (Lipinski definition) is 3. The fourth-order valence-corrected chi connectivity index (χ4v) is 0.561. The minimum atomic E-state index is 0. The fraction of sp³-hybridized carbons (Fsp3) is 0. The molecule has 0 aromatic carbocycles. The van der Waals surface area contributed by atoms with Crippen molar-refractivity contribution in [3.8, 4) is 0 Å². The monoisotopic (exact) mass is 151 g/mol. The van der Waals surface area contributed by atoms with Crippen LogP contribution in [0.15, 0.2) is 12.3 Å². The minimum Gasteiger partial charge on any atom is -1.00 e. The molecule has 3 nitrogen and oxygen atoms in total. The third-order valence-electron chi connectivity index (χ3n) is 0.697. The SMILES string of the molecule is Nc1ccnc(=S)[nH]1.[H-].[Na+]. The number of H-pyrrole nitrogens is 1. The van der Waals surface area contributed by atoms with Crippen molar-refractivity contribution in [3.63, 3.8) is 0 Å². The third kappa shape index (κ3) is 2.95. The van der Waals surface area contributed by atoms with Crippen LogP contribution in [0.3, 0.4) is 0 Å². The number of aromatic amines is 1. The Hall–Kier alpha value is 0.1000. The third-order valence-corrected chi connectivity index (χ3v) is 0.905. The maximum absolute atomic E-state index is 5.30. The summed E-state index contributed by atoms with van der Waals surface area (Å²) >= 11 is 4.65. The number of anilines is 1. The van der Waals surface area contributed by atoms with Crippen molar-refractivity contribution in [2.75, 3.05) is 5.73 Å². The van der Waals surface area contributed by atoms with Crippen LogP contribution < -0.4 is 35.3 Å². The van der Waals surface area contributed by atoms with E-state index in [1.54, 1.807) is 12.3 Å². The summed E-state index contributed by atoms with van der Waals surface area (Å²) in [5, 5.41) is 0. The predicted octanol–water partition coefficient (Wildman–Crippen LogP) is -2.16. The van der Waals surface area contributed by atoms with Crippen LogP contribution in [0, 0.1) is 4.77 Å². The summed E-state index contributed by atoms with van der Waals surface area (Å²) in [6.45, 7) is 0. The van der Waals surface area contributed by atoms with Crippen LogP contribution in [-0.2, 0) is 0 Å². The molecule has 1 heterocycles. The van der Waals surface area contributed by atoms with E-state index < -0.39 is 0 Å². The second-order valence-corrected chi connectivity index (χ2v) is 1.72. The zero-order valence-corrected chi connectivity index (χ0v) is 7.90. The zero-order valence-electron chi connectivity index (χ0n) is 6.09. The van der Waals surface area contributed by atoms with Gasteiger partial charge in [-0.05, 0) is 18.3 Å². The molecule has 5 heteroatoms. The van der Waals surface area contributed by atoms with Gasteiger partial charge in [-0.25, -0.2) is 4.98 Å². The molecule has 9 heavy (non-hydrogen) atoms. The minimum absolute atomic E-state index is 0. The van der Waals surface area contributed by atoms with Gasteiger partial charge < -0.3 is 12.1 Å². The molecule has 0 radical (unpaired) electrons. The quantitative estimate of drug-likeness (QED) is 0.328. The number of rotatable bonds is 0. The molecular weight excluding hydrogens is 145 g/mol. The summed E-state index contributed by atoms with van der Waals surface area (Å²) in [4.78, 5) is 6.37. The first-order valence-corrected chi connectivity index (χ1v) is 2.50. The van der Waals surface area contributed by atoms with Crippen molar-refractivity contribution in [1.82, 2.24) is 9.97 Å². The van der Waals surface area contributed by atoms with Gasteiger partial charge in [-0.3, -0.25) is 0 Å². The van der Waals surface area contributed by atoms with Gasteiger partial charge in [0.25, 0.3) is 0 Å². The number of nitrogens with two attached hydrogens (primary N) is 1. The molecule has 0 saturated carbocycles. The van der Waals surface area contributed by atoms with E-state index in [2.05, 4.69) is 22.2 Å². The normalized spacial score (nSPS) is 8.00. The van der Waals surface area contributed by atoms with Gasteiger partial charge in [0.1, 0.15) is 5.82 Å². The topological polar surface area (TPSA) is 54.7 Å². The number of hydrogen-bond donors (Lipinski definition) is 2. The van der Waals surface area contributed by atoms with E-state index in [-0.39, 0.29) is 31.0 Å². The van der Waals surface area contributed by atoms with Gasteiger partial charge in [0.2, 0.25) is 0 Å². The zero-order chi connectivity index (χ0) is 5.98. The molecule has 0 atom stereocenters. The molecule has 1 aromatic heterocycles. The summed E-state index contributed by atoms with van der Waals surface area (Å²) in [7, 11) is 0. The Morgan fingerprint density at radius 3 is 2.78 bits per heavy atom. The largest absolute Gasteiger partial charge is 1.00 e. The molecule has 1 aromatic rings. The van der Waals surface area contributed by atoms with Gasteiger partial charge >= 0.3 is 29.6 Å². The molecule has 0 aliphatic rings. The Balaban J connectivity index is 0. The molecular formula is C4H6N3NaS. The van der Waals surface area contributed by atoms with Crippen molar-refractivity contribution in [1.29, 1.82) is 0 Å². The van der Waals surface area contributed by atoms with Crippen LogP contribution in [-0.4, -0.2) is 9.97 Å². The van der Waals surface area contributed by atoms with Gasteiger partial charge in [-0.2, -0.15) is 0 Å². The Labute approximate surface area is 81.5 Å². The molecule has 0 amide bonds. The summed E-state index contributed by atoms with van der Waals surface area (Å²) in [6, 6.07) is 1.65. The van der Waals surface area contributed by atoms with E-state index in [0.717, 1.165) is 0 Å². The van der Waals surface area contributed by atoms with Crippen molar-refractivity contribution in [2.45, 2.75) is 0 Å². The average Bonchev–Trinajstić information content (AvgIpc) is 1.64. The molecule has 0 spiro atoms. The molecule has 0 bridgehead atoms. The molecule has 44 valence electrons. The van der Waals surface area contributed by atoms with E-state index in [1.807, 2.05) is 0 Å². The molecule has 3 N–H and O–H groups in total. The van der Waals surface area contributed by atoms with E-state index >= 15 is 0 Å². The van der Waals surface area contributed by atoms with Crippen LogP contribution in [0.25, 0.3) is 0 Å². The number of nitrogens with zero attached hydrogens (tertiary/aromatic N) is 1. The maximum Gasteiger partial charge on any atom is 1.00 e. The summed E-state index contributed by atoms with van der Waals surface area (Å²) in [5.74, 6) is 0.546. The average molecular weight is 151 g/mol. The second kappa shape index (κ2) is 4.00. The second-order valence-electron chi connectivity index (χ2n) is 1.33. The Kier molecular flexibility index (Phi) is 4.05. The summed E-state index contributed by atoms with van der Waals surface area (Å²) < 4.78 is 0.421. The Bertz CT molecular complexity index is 238. The van der Waals surface area contributed by atoms with Crippen LogP contribution in [0.4, 0.5) is 5.82 Å². The van der Waals surface area contributed by atoms with E-state index in [1.165, 1.54) is 0 Å². The number of nitrogen functional groups attached to an aromatic ring is 1. The maximum atomic E-state index is 5.30. The molecule has 0 unspecified atom stereocenters. The first kappa shape index (κ1) is 9.10. The molecule has 0 saturated heterocycles. The summed E-state index contributed by atoms with van der Waals surface area (Å²) in [5.41, 5.74) is 5.30. The van der Waals surface area contributed by atoms with Gasteiger partial charge in [0.05, 0.1) is 0 Å². The molecule has 0 fully saturated rings. The van der Waals surface area contributed by atoms with Crippen LogP contribution in [0.5, 0.6) is 0 Å². The molecule has 1 rings (SSSR count). The Morgan fingerprint density at radius 1 is 1.78 bits per heavy atom. The van der Waals surface area contributed by atoms with E-state index in [4.69, 9.17) is 5.73 Å². The molecule has 0 aliphatic heterocycles. The summed E-state index contributed by atoms with van der Waals surface area (Å²) in [6.07, 6.45) is 1.56. The number of nitrogens with one attached hydrogen (secondary N) is 1. The van der Waals surface area contributed by atoms with E-state index in [9.17, 15) is 0 Å². The van der Waals surface area contributed by atoms with Crippen LogP contribution in [0.2, 0.25) is 0 Å². The standard InChI is InChI=1S/C4H5N3S.Na.H/c5-3-1-2-6-4(8)7-3;;/h1-2H,(H3,5,6,7,8);;/q;+1;-1. The van der Waals surface area contributed by atoms with Crippen molar-refractivity contribution in [3.05, 3.63) is 17.0 Å². The van der Waals surface area contributed by atoms with Gasteiger partial charge in [0, 0.05) is 6.20 Å². The van der Waals surface area contributed by atoms with Crippen LogP contribution >= 0.6 is 12.2 Å². The smallest absolute Gasteiger partial charge is 1.00 e. The fourth-order valence-electron chi connectivity index (χ4n) is 0.383. The van der Waals surface area contributed by atoms with Crippen molar-refractivity contribution in [2.24, 2.45) is 0 Å². The van der Waals surface area contributed by atoms with Gasteiger partial charge in [-0.1, -0.05) is 0 Å².